The van der Waals surface area contributed by atoms with Crippen LogP contribution >= 0.6 is 0 Å². The third-order valence-electron chi connectivity index (χ3n) is 1.75. The molecular weight excluding hydrogens is 198 g/mol. The summed E-state index contributed by atoms with van der Waals surface area (Å²) in [5.74, 6) is -1.63. The van der Waals surface area contributed by atoms with E-state index in [0.717, 1.165) is 12.1 Å². The highest BCUT2D eigenvalue weighted by Gasteiger charge is 2.14. The fourth-order valence-electron chi connectivity index (χ4n) is 1.12. The van der Waals surface area contributed by atoms with Gasteiger partial charge < -0.3 is 5.73 Å². The van der Waals surface area contributed by atoms with E-state index in [9.17, 15) is 17.6 Å². The quantitative estimate of drug-likeness (QED) is 0.757. The molecule has 1 aromatic rings. The first kappa shape index (κ1) is 11.0. The molecule has 1 atom stereocenters. The number of halogens is 4. The van der Waals surface area contributed by atoms with E-state index in [4.69, 9.17) is 5.73 Å². The number of hydrogen-bond acceptors (Lipinski definition) is 1. The van der Waals surface area contributed by atoms with Crippen LogP contribution in [0.1, 0.15) is 18.0 Å². The van der Waals surface area contributed by atoms with Crippen molar-refractivity contribution in [3.63, 3.8) is 0 Å². The number of benzene rings is 1. The van der Waals surface area contributed by atoms with Crippen LogP contribution in [0.3, 0.4) is 0 Å². The van der Waals surface area contributed by atoms with Crippen molar-refractivity contribution in [2.45, 2.75) is 18.9 Å². The van der Waals surface area contributed by atoms with Crippen LogP contribution in [0, 0.1) is 11.6 Å². The molecule has 1 nitrogen and oxygen atoms in total. The van der Waals surface area contributed by atoms with E-state index in [1.165, 1.54) is 0 Å². The number of nitrogens with two attached hydrogens (primary N) is 1. The molecule has 1 rings (SSSR count). The molecular formula is C9H9F4N. The van der Waals surface area contributed by atoms with E-state index >= 15 is 0 Å². The lowest BCUT2D eigenvalue weighted by Crippen LogP contribution is -2.14. The van der Waals surface area contributed by atoms with Crippen LogP contribution in [0.2, 0.25) is 0 Å². The van der Waals surface area contributed by atoms with Gasteiger partial charge in [-0.2, -0.15) is 0 Å². The molecule has 0 fully saturated rings. The van der Waals surface area contributed by atoms with Crippen molar-refractivity contribution in [3.05, 3.63) is 35.4 Å². The molecule has 0 aromatic heterocycles. The van der Waals surface area contributed by atoms with Crippen LogP contribution in [0.5, 0.6) is 0 Å². The van der Waals surface area contributed by atoms with Crippen molar-refractivity contribution >= 4 is 0 Å². The van der Waals surface area contributed by atoms with Gasteiger partial charge in [0.15, 0.2) is 0 Å². The molecule has 0 aliphatic carbocycles. The van der Waals surface area contributed by atoms with Crippen molar-refractivity contribution in [1.29, 1.82) is 0 Å². The summed E-state index contributed by atoms with van der Waals surface area (Å²) in [6.45, 7) is 0. The maximum atomic E-state index is 12.6. The molecule has 14 heavy (non-hydrogen) atoms. The minimum atomic E-state index is -2.59. The first-order valence-electron chi connectivity index (χ1n) is 3.98. The van der Waals surface area contributed by atoms with E-state index in [-0.39, 0.29) is 5.56 Å². The Labute approximate surface area is 78.5 Å². The number of alkyl halides is 2. The largest absolute Gasteiger partial charge is 0.324 e. The van der Waals surface area contributed by atoms with Gasteiger partial charge in [0.05, 0.1) is 0 Å². The fraction of sp³-hybridized carbons (Fsp3) is 0.333. The fourth-order valence-corrected chi connectivity index (χ4v) is 1.12. The van der Waals surface area contributed by atoms with Gasteiger partial charge in [0.1, 0.15) is 11.6 Å². The minimum absolute atomic E-state index is 0.0443. The summed E-state index contributed by atoms with van der Waals surface area (Å²) in [4.78, 5) is 0. The molecule has 78 valence electrons. The zero-order valence-electron chi connectivity index (χ0n) is 7.18. The van der Waals surface area contributed by atoms with Gasteiger partial charge in [0.2, 0.25) is 6.43 Å². The molecule has 1 aromatic carbocycles. The molecule has 0 saturated carbocycles. The van der Waals surface area contributed by atoms with E-state index in [1.807, 2.05) is 0 Å². The SMILES string of the molecule is N[C@H](CC(F)F)c1cc(F)cc(F)c1. The van der Waals surface area contributed by atoms with Crippen molar-refractivity contribution in [2.24, 2.45) is 5.73 Å². The Bertz CT molecular complexity index is 293. The molecule has 0 radical (unpaired) electrons. The van der Waals surface area contributed by atoms with E-state index in [1.54, 1.807) is 0 Å². The second kappa shape index (κ2) is 4.41. The highest BCUT2D eigenvalue weighted by atomic mass is 19.3. The van der Waals surface area contributed by atoms with Gasteiger partial charge in [0, 0.05) is 18.5 Å². The van der Waals surface area contributed by atoms with E-state index in [2.05, 4.69) is 0 Å². The lowest BCUT2D eigenvalue weighted by atomic mass is 10.0. The summed E-state index contributed by atoms with van der Waals surface area (Å²) >= 11 is 0. The molecule has 2 N–H and O–H groups in total. The summed E-state index contributed by atoms with van der Waals surface area (Å²) in [6.07, 6.45) is -3.19. The zero-order chi connectivity index (χ0) is 10.7. The van der Waals surface area contributed by atoms with Gasteiger partial charge in [-0.15, -0.1) is 0 Å². The third-order valence-corrected chi connectivity index (χ3v) is 1.75. The van der Waals surface area contributed by atoms with Crippen LogP contribution in [-0.2, 0) is 0 Å². The Balaban J connectivity index is 2.84. The van der Waals surface area contributed by atoms with Crippen LogP contribution < -0.4 is 5.73 Å². The van der Waals surface area contributed by atoms with Crippen molar-refractivity contribution in [2.75, 3.05) is 0 Å². The molecule has 0 heterocycles. The maximum Gasteiger partial charge on any atom is 0.240 e. The number of hydrogen-bond donors (Lipinski definition) is 1. The summed E-state index contributed by atoms with van der Waals surface area (Å²) in [5.41, 5.74) is 5.36. The van der Waals surface area contributed by atoms with Gasteiger partial charge in [-0.05, 0) is 17.7 Å². The Morgan fingerprint density at radius 2 is 1.57 bits per heavy atom. The number of rotatable bonds is 3. The first-order chi connectivity index (χ1) is 6.49. The van der Waals surface area contributed by atoms with Gasteiger partial charge in [-0.25, -0.2) is 17.6 Å². The molecule has 0 spiro atoms. The van der Waals surface area contributed by atoms with Gasteiger partial charge >= 0.3 is 0 Å². The minimum Gasteiger partial charge on any atom is -0.324 e. The maximum absolute atomic E-state index is 12.6. The summed E-state index contributed by atoms with van der Waals surface area (Å²) in [5, 5.41) is 0. The molecule has 0 amide bonds. The van der Waals surface area contributed by atoms with Crippen molar-refractivity contribution in [1.82, 2.24) is 0 Å². The van der Waals surface area contributed by atoms with E-state index in [0.29, 0.717) is 6.07 Å². The lowest BCUT2D eigenvalue weighted by Gasteiger charge is -2.11. The molecule has 5 heteroatoms. The van der Waals surface area contributed by atoms with E-state index < -0.39 is 30.5 Å². The third kappa shape index (κ3) is 2.99. The van der Waals surface area contributed by atoms with Crippen molar-refractivity contribution < 1.29 is 17.6 Å². The molecule has 0 unspecified atom stereocenters. The summed E-state index contributed by atoms with van der Waals surface area (Å²) in [6, 6.07) is 1.53. The first-order valence-corrected chi connectivity index (χ1v) is 3.98. The highest BCUT2D eigenvalue weighted by molar-refractivity contribution is 5.21. The predicted octanol–water partition coefficient (Wildman–Crippen LogP) is 2.62. The lowest BCUT2D eigenvalue weighted by molar-refractivity contribution is 0.128. The molecule has 0 aliphatic rings. The zero-order valence-corrected chi connectivity index (χ0v) is 7.18. The second-order valence-electron chi connectivity index (χ2n) is 2.94. The topological polar surface area (TPSA) is 26.0 Å². The molecule has 0 saturated heterocycles. The Kier molecular flexibility index (Phi) is 3.46. The normalized spacial score (nSPS) is 13.3. The average molecular weight is 207 g/mol. The smallest absolute Gasteiger partial charge is 0.240 e. The van der Waals surface area contributed by atoms with Gasteiger partial charge in [-0.1, -0.05) is 0 Å². The highest BCUT2D eigenvalue weighted by Crippen LogP contribution is 2.19. The summed E-state index contributed by atoms with van der Waals surface area (Å²) < 4.78 is 49.1. The Hall–Kier alpha value is -1.10. The Morgan fingerprint density at radius 3 is 2.00 bits per heavy atom. The monoisotopic (exact) mass is 207 g/mol. The summed E-state index contributed by atoms with van der Waals surface area (Å²) in [7, 11) is 0. The van der Waals surface area contributed by atoms with Gasteiger partial charge in [0.25, 0.3) is 0 Å². The van der Waals surface area contributed by atoms with Gasteiger partial charge in [-0.3, -0.25) is 0 Å². The molecule has 0 aliphatic heterocycles. The van der Waals surface area contributed by atoms with Crippen LogP contribution in [0.4, 0.5) is 17.6 Å². The molecule has 0 bridgehead atoms. The standard InChI is InChI=1S/C9H9F4N/c10-6-1-5(2-7(11)3-6)8(14)4-9(12)13/h1-3,8-9H,4,14H2/t8-/m1/s1. The van der Waals surface area contributed by atoms with Crippen LogP contribution in [0.25, 0.3) is 0 Å². The Morgan fingerprint density at radius 1 is 1.07 bits per heavy atom. The van der Waals surface area contributed by atoms with Crippen LogP contribution in [0.15, 0.2) is 18.2 Å². The predicted molar refractivity (Wildman–Crippen MR) is 43.9 cm³/mol. The van der Waals surface area contributed by atoms with Crippen LogP contribution in [-0.4, -0.2) is 6.43 Å². The van der Waals surface area contributed by atoms with Crippen molar-refractivity contribution in [3.8, 4) is 0 Å². The second-order valence-corrected chi connectivity index (χ2v) is 2.94. The average Bonchev–Trinajstić information content (AvgIpc) is 2.00.